The van der Waals surface area contributed by atoms with Crippen molar-refractivity contribution in [2.24, 2.45) is 0 Å². The zero-order valence-electron chi connectivity index (χ0n) is 22.9. The Kier molecular flexibility index (Phi) is 10.5. The van der Waals surface area contributed by atoms with Gasteiger partial charge in [0.25, 0.3) is 10.0 Å². The molecule has 3 aromatic carbocycles. The largest absolute Gasteiger partial charge is 0.444 e. The fourth-order valence-corrected chi connectivity index (χ4v) is 4.90. The quantitative estimate of drug-likeness (QED) is 0.207. The number of ether oxygens (including phenoxy) is 1. The summed E-state index contributed by atoms with van der Waals surface area (Å²) in [4.78, 5) is 18.7. The van der Waals surface area contributed by atoms with Crippen molar-refractivity contribution in [1.82, 2.24) is 9.88 Å². The number of benzene rings is 3. The van der Waals surface area contributed by atoms with Gasteiger partial charge in [-0.2, -0.15) is 0 Å². The lowest BCUT2D eigenvalue weighted by Crippen LogP contribution is -2.37. The first kappa shape index (κ1) is 31.2. The van der Waals surface area contributed by atoms with Gasteiger partial charge in [-0.05, 0) is 86.8 Å². The Morgan fingerprint density at radius 2 is 1.44 bits per heavy atom. The van der Waals surface area contributed by atoms with E-state index in [1.165, 1.54) is 6.20 Å². The maximum Gasteiger partial charge on any atom is 0.410 e. The van der Waals surface area contributed by atoms with Crippen molar-refractivity contribution in [1.29, 1.82) is 0 Å². The normalized spacial score (nSPS) is 11.2. The first-order valence-electron chi connectivity index (χ1n) is 13.0. The van der Waals surface area contributed by atoms with Crippen LogP contribution in [0.5, 0.6) is 0 Å². The van der Waals surface area contributed by atoms with Gasteiger partial charge in [0.2, 0.25) is 0 Å². The maximum atomic E-state index is 12.9. The smallest absolute Gasteiger partial charge is 0.410 e. The van der Waals surface area contributed by atoms with Crippen molar-refractivity contribution < 1.29 is 17.9 Å². The van der Waals surface area contributed by atoms with E-state index in [-0.39, 0.29) is 24.2 Å². The molecule has 2 N–H and O–H groups in total. The molecule has 0 unspecified atom stereocenters. The zero-order chi connectivity index (χ0) is 28.6. The molecule has 0 fully saturated rings. The van der Waals surface area contributed by atoms with E-state index >= 15 is 0 Å². The van der Waals surface area contributed by atoms with E-state index in [4.69, 9.17) is 4.74 Å². The van der Waals surface area contributed by atoms with Gasteiger partial charge in [-0.15, -0.1) is 0 Å². The Labute approximate surface area is 243 Å². The van der Waals surface area contributed by atoms with E-state index in [9.17, 15) is 13.2 Å². The average Bonchev–Trinajstić information content (AvgIpc) is 2.92. The van der Waals surface area contributed by atoms with Crippen LogP contribution in [0.15, 0.2) is 108 Å². The van der Waals surface area contributed by atoms with Crippen molar-refractivity contribution in [3.8, 4) is 0 Å². The Hall–Kier alpha value is -4.37. The number of amides is 1. The van der Waals surface area contributed by atoms with Gasteiger partial charge in [-0.25, -0.2) is 18.2 Å². The first-order valence-corrected chi connectivity index (χ1v) is 14.5. The lowest BCUT2D eigenvalue weighted by molar-refractivity contribution is 0.0236. The highest BCUT2D eigenvalue weighted by molar-refractivity contribution is 7.92. The highest BCUT2D eigenvalue weighted by atomic mass is 32.2. The van der Waals surface area contributed by atoms with Gasteiger partial charge in [0.15, 0.2) is 0 Å². The second kappa shape index (κ2) is 13.8. The van der Waals surface area contributed by atoms with E-state index in [1.54, 1.807) is 47.4 Å². The molecule has 0 aliphatic carbocycles. The standard InChI is InChI=1S/C31H34N4O4S.CH4/c1-31(2,3)39-30(36)35(23-25-9-5-4-6-10-25)22-20-24-12-14-26(15-13-24)33-27-16-18-28(19-17-27)40(37,38)34-29-11-7-8-21-32-29;/h4-19,21,33H,20,22-23H2,1-3H3,(H,32,34);1H4. The second-order valence-corrected chi connectivity index (χ2v) is 12.0. The third kappa shape index (κ3) is 9.65. The van der Waals surface area contributed by atoms with Gasteiger partial charge < -0.3 is 15.0 Å². The molecule has 4 rings (SSSR count). The fourth-order valence-electron chi connectivity index (χ4n) is 3.89. The van der Waals surface area contributed by atoms with Gasteiger partial charge in [0.05, 0.1) is 4.90 Å². The number of aromatic nitrogens is 1. The fraction of sp³-hybridized carbons (Fsp3) is 0.250. The minimum absolute atomic E-state index is 0. The van der Waals surface area contributed by atoms with E-state index in [1.807, 2.05) is 75.4 Å². The second-order valence-electron chi connectivity index (χ2n) is 10.3. The molecule has 216 valence electrons. The van der Waals surface area contributed by atoms with E-state index in [0.717, 1.165) is 22.5 Å². The minimum Gasteiger partial charge on any atom is -0.444 e. The van der Waals surface area contributed by atoms with Crippen LogP contribution in [0, 0.1) is 0 Å². The van der Waals surface area contributed by atoms with Crippen LogP contribution in [0.2, 0.25) is 0 Å². The van der Waals surface area contributed by atoms with Crippen molar-refractivity contribution in [3.63, 3.8) is 0 Å². The van der Waals surface area contributed by atoms with E-state index in [2.05, 4.69) is 15.0 Å². The summed E-state index contributed by atoms with van der Waals surface area (Å²) >= 11 is 0. The molecule has 0 saturated carbocycles. The van der Waals surface area contributed by atoms with Gasteiger partial charge in [0, 0.05) is 30.7 Å². The van der Waals surface area contributed by atoms with Crippen molar-refractivity contribution in [2.75, 3.05) is 16.6 Å². The van der Waals surface area contributed by atoms with Crippen molar-refractivity contribution in [2.45, 2.75) is 51.7 Å². The van der Waals surface area contributed by atoms with E-state index in [0.29, 0.717) is 19.5 Å². The predicted molar refractivity (Wildman–Crippen MR) is 165 cm³/mol. The molecule has 0 aliphatic rings. The van der Waals surface area contributed by atoms with Crippen LogP contribution in [0.1, 0.15) is 39.3 Å². The number of nitrogens with zero attached hydrogens (tertiary/aromatic N) is 2. The summed E-state index contributed by atoms with van der Waals surface area (Å²) < 4.78 is 33.4. The van der Waals surface area contributed by atoms with Crippen LogP contribution in [0.4, 0.5) is 22.0 Å². The molecule has 1 aromatic heterocycles. The number of anilines is 3. The van der Waals surface area contributed by atoms with Crippen LogP contribution in [-0.4, -0.2) is 36.5 Å². The molecule has 1 heterocycles. The minimum atomic E-state index is -3.74. The molecule has 0 radical (unpaired) electrons. The number of nitrogens with one attached hydrogen (secondary N) is 2. The summed E-state index contributed by atoms with van der Waals surface area (Å²) in [6.45, 7) is 6.58. The summed E-state index contributed by atoms with van der Waals surface area (Å²) in [7, 11) is -3.74. The molecule has 4 aromatic rings. The summed E-state index contributed by atoms with van der Waals surface area (Å²) in [5.74, 6) is 0.263. The van der Waals surface area contributed by atoms with Crippen LogP contribution < -0.4 is 10.0 Å². The van der Waals surface area contributed by atoms with E-state index < -0.39 is 15.6 Å². The molecule has 0 bridgehead atoms. The summed E-state index contributed by atoms with van der Waals surface area (Å²) in [6.07, 6.45) is 1.86. The number of pyridine rings is 1. The molecule has 9 heteroatoms. The molecule has 8 nitrogen and oxygen atoms in total. The van der Waals surface area contributed by atoms with Crippen LogP contribution in [-0.2, 0) is 27.7 Å². The number of sulfonamides is 1. The molecule has 41 heavy (non-hydrogen) atoms. The lowest BCUT2D eigenvalue weighted by atomic mass is 10.1. The maximum absolute atomic E-state index is 12.9. The van der Waals surface area contributed by atoms with Gasteiger partial charge in [0.1, 0.15) is 11.4 Å². The van der Waals surface area contributed by atoms with Gasteiger partial charge in [-0.1, -0.05) is 56.0 Å². The average molecular weight is 575 g/mol. The monoisotopic (exact) mass is 574 g/mol. The number of rotatable bonds is 10. The van der Waals surface area contributed by atoms with Crippen molar-refractivity contribution in [3.05, 3.63) is 114 Å². The highest BCUT2D eigenvalue weighted by Gasteiger charge is 2.22. The van der Waals surface area contributed by atoms with Gasteiger partial charge >= 0.3 is 6.09 Å². The third-order valence-electron chi connectivity index (χ3n) is 5.85. The summed E-state index contributed by atoms with van der Waals surface area (Å²) in [6, 6.07) is 29.3. The summed E-state index contributed by atoms with van der Waals surface area (Å²) in [5.41, 5.74) is 3.16. The van der Waals surface area contributed by atoms with Gasteiger partial charge in [-0.3, -0.25) is 4.72 Å². The number of hydrogen-bond donors (Lipinski definition) is 2. The SMILES string of the molecule is C.CC(C)(C)OC(=O)N(CCc1ccc(Nc2ccc(S(=O)(=O)Nc3ccccn3)cc2)cc1)Cc1ccccc1. The Balaban J connectivity index is 0.00000462. The third-order valence-corrected chi connectivity index (χ3v) is 7.22. The predicted octanol–water partition coefficient (Wildman–Crippen LogP) is 7.24. The number of carbonyl (C=O) groups excluding carboxylic acids is 1. The Morgan fingerprint density at radius 3 is 2.02 bits per heavy atom. The Bertz CT molecular complexity index is 1490. The topological polar surface area (TPSA) is 101 Å². The number of hydrogen-bond acceptors (Lipinski definition) is 6. The molecular formula is C32H38N4O4S. The Morgan fingerprint density at radius 1 is 0.829 bits per heavy atom. The molecule has 0 atom stereocenters. The first-order chi connectivity index (χ1) is 19.1. The molecular weight excluding hydrogens is 536 g/mol. The molecule has 1 amide bonds. The highest BCUT2D eigenvalue weighted by Crippen LogP contribution is 2.21. The molecule has 0 aliphatic heterocycles. The van der Waals surface area contributed by atoms with Crippen LogP contribution in [0.3, 0.4) is 0 Å². The van der Waals surface area contributed by atoms with Crippen LogP contribution >= 0.6 is 0 Å². The molecule has 0 saturated heterocycles. The summed E-state index contributed by atoms with van der Waals surface area (Å²) in [5, 5.41) is 3.29. The molecule has 0 spiro atoms. The van der Waals surface area contributed by atoms with Crippen molar-refractivity contribution >= 4 is 33.3 Å². The lowest BCUT2D eigenvalue weighted by Gasteiger charge is -2.27. The van der Waals surface area contributed by atoms with Crippen LogP contribution in [0.25, 0.3) is 0 Å². The number of carbonyl (C=O) groups is 1. The zero-order valence-corrected chi connectivity index (χ0v) is 23.7.